The fourth-order valence-corrected chi connectivity index (χ4v) is 4.78. The summed E-state index contributed by atoms with van der Waals surface area (Å²) in [6, 6.07) is 19.4. The Hall–Kier alpha value is -3.74. The Labute approximate surface area is 199 Å². The molecule has 0 aliphatic carbocycles. The van der Waals surface area contributed by atoms with Gasteiger partial charge in [-0.1, -0.05) is 47.7 Å². The normalized spacial score (nSPS) is 12.3. The van der Waals surface area contributed by atoms with Crippen LogP contribution in [0.1, 0.15) is 23.6 Å². The van der Waals surface area contributed by atoms with Gasteiger partial charge in [0.2, 0.25) is 5.88 Å². The maximum atomic E-state index is 12.5. The summed E-state index contributed by atoms with van der Waals surface area (Å²) in [5, 5.41) is 19.7. The molecule has 10 nitrogen and oxygen atoms in total. The van der Waals surface area contributed by atoms with E-state index in [2.05, 4.69) is 15.2 Å². The molecule has 34 heavy (non-hydrogen) atoms. The predicted molar refractivity (Wildman–Crippen MR) is 124 cm³/mol. The Kier molecular flexibility index (Phi) is 6.91. The molecule has 0 aliphatic heterocycles. The Morgan fingerprint density at radius 1 is 1.00 bits per heavy atom. The fourth-order valence-electron chi connectivity index (χ4n) is 2.87. The Bertz CT molecular complexity index is 1390. The van der Waals surface area contributed by atoms with E-state index < -0.39 is 21.1 Å². The molecular formula is C22H18N4O6S2. The summed E-state index contributed by atoms with van der Waals surface area (Å²) in [4.78, 5) is 14.4. The van der Waals surface area contributed by atoms with Gasteiger partial charge in [0.1, 0.15) is 23.4 Å². The van der Waals surface area contributed by atoms with E-state index in [9.17, 15) is 18.5 Å². The number of nitrogens with zero attached hydrogens (tertiary/aromatic N) is 4. The van der Waals surface area contributed by atoms with Crippen LogP contribution in [0.5, 0.6) is 5.88 Å². The molecule has 0 N–H and O–H groups in total. The van der Waals surface area contributed by atoms with Crippen LogP contribution in [-0.4, -0.2) is 28.5 Å². The van der Waals surface area contributed by atoms with Crippen molar-refractivity contribution < 1.29 is 22.3 Å². The minimum Gasteiger partial charge on any atom is -0.473 e. The van der Waals surface area contributed by atoms with E-state index in [0.29, 0.717) is 28.2 Å². The molecule has 0 aliphatic rings. The monoisotopic (exact) mass is 498 g/mol. The Morgan fingerprint density at radius 2 is 1.74 bits per heavy atom. The standard InChI is InChI=1S/C22H18N4O6S2/c1-15(32-34(29,30)18-12-10-17(11-13-18)26(27)28)21-24-25-22(33-21)19-8-5-9-20(23-19)31-14-16-6-3-2-4-7-16/h2-13,15H,14H2,1H3. The molecule has 1 unspecified atom stereocenters. The number of non-ortho nitro benzene ring substituents is 1. The van der Waals surface area contributed by atoms with Gasteiger partial charge in [0.25, 0.3) is 15.8 Å². The Balaban J connectivity index is 1.44. The molecule has 12 heteroatoms. The van der Waals surface area contributed by atoms with E-state index in [1.165, 1.54) is 6.92 Å². The first-order valence-corrected chi connectivity index (χ1v) is 12.2. The summed E-state index contributed by atoms with van der Waals surface area (Å²) < 4.78 is 36.1. The summed E-state index contributed by atoms with van der Waals surface area (Å²) in [5.74, 6) is 0.420. The van der Waals surface area contributed by atoms with Crippen LogP contribution in [0.25, 0.3) is 10.7 Å². The average Bonchev–Trinajstić information content (AvgIpc) is 3.34. The zero-order chi connectivity index (χ0) is 24.1. The molecule has 2 aromatic carbocycles. The topological polar surface area (TPSA) is 134 Å². The number of ether oxygens (including phenoxy) is 1. The molecule has 0 spiro atoms. The fraction of sp³-hybridized carbons (Fsp3) is 0.136. The highest BCUT2D eigenvalue weighted by Gasteiger charge is 2.24. The van der Waals surface area contributed by atoms with Crippen LogP contribution in [0.3, 0.4) is 0 Å². The number of aromatic nitrogens is 3. The highest BCUT2D eigenvalue weighted by atomic mass is 32.2. The van der Waals surface area contributed by atoms with Gasteiger partial charge in [0.15, 0.2) is 5.01 Å². The molecule has 0 bridgehead atoms. The average molecular weight is 499 g/mol. The largest absolute Gasteiger partial charge is 0.473 e. The molecule has 4 aromatic rings. The van der Waals surface area contributed by atoms with Crippen LogP contribution in [0.2, 0.25) is 0 Å². The lowest BCUT2D eigenvalue weighted by atomic mass is 10.2. The summed E-state index contributed by atoms with van der Waals surface area (Å²) in [6.45, 7) is 1.89. The maximum Gasteiger partial charge on any atom is 0.297 e. The molecule has 2 heterocycles. The first-order chi connectivity index (χ1) is 16.3. The van der Waals surface area contributed by atoms with Crippen molar-refractivity contribution in [2.24, 2.45) is 0 Å². The van der Waals surface area contributed by atoms with Crippen molar-refractivity contribution in [1.29, 1.82) is 0 Å². The second-order valence-electron chi connectivity index (χ2n) is 7.02. The van der Waals surface area contributed by atoms with Crippen LogP contribution >= 0.6 is 11.3 Å². The summed E-state index contributed by atoms with van der Waals surface area (Å²) >= 11 is 1.14. The zero-order valence-corrected chi connectivity index (χ0v) is 19.4. The van der Waals surface area contributed by atoms with Crippen LogP contribution in [0.4, 0.5) is 5.69 Å². The lowest BCUT2D eigenvalue weighted by molar-refractivity contribution is -0.384. The van der Waals surface area contributed by atoms with Gasteiger partial charge in [-0.05, 0) is 30.7 Å². The summed E-state index contributed by atoms with van der Waals surface area (Å²) in [6.07, 6.45) is -0.927. The number of nitro benzene ring substituents is 1. The first-order valence-electron chi connectivity index (χ1n) is 9.97. The number of nitro groups is 1. The van der Waals surface area contributed by atoms with E-state index >= 15 is 0 Å². The van der Waals surface area contributed by atoms with Crippen molar-refractivity contribution >= 4 is 27.1 Å². The van der Waals surface area contributed by atoms with Crippen LogP contribution in [-0.2, 0) is 20.9 Å². The van der Waals surface area contributed by atoms with E-state index in [-0.39, 0.29) is 10.6 Å². The summed E-state index contributed by atoms with van der Waals surface area (Å²) in [7, 11) is -4.17. The molecule has 1 atom stereocenters. The van der Waals surface area contributed by atoms with Gasteiger partial charge >= 0.3 is 0 Å². The number of pyridine rings is 1. The van der Waals surface area contributed by atoms with Gasteiger partial charge in [0, 0.05) is 18.2 Å². The van der Waals surface area contributed by atoms with Crippen LogP contribution in [0, 0.1) is 10.1 Å². The molecule has 0 radical (unpaired) electrons. The molecule has 2 aromatic heterocycles. The number of rotatable bonds is 9. The molecule has 174 valence electrons. The third-order valence-electron chi connectivity index (χ3n) is 4.57. The molecule has 0 saturated carbocycles. The number of hydrogen-bond acceptors (Lipinski definition) is 10. The Morgan fingerprint density at radius 3 is 2.44 bits per heavy atom. The van der Waals surface area contributed by atoms with Crippen molar-refractivity contribution in [2.75, 3.05) is 0 Å². The third-order valence-corrected chi connectivity index (χ3v) is 7.07. The molecule has 4 rings (SSSR count). The quantitative estimate of drug-likeness (QED) is 0.185. The van der Waals surface area contributed by atoms with Crippen molar-refractivity contribution in [1.82, 2.24) is 15.2 Å². The van der Waals surface area contributed by atoms with E-state index in [1.807, 2.05) is 30.3 Å². The molecular weight excluding hydrogens is 480 g/mol. The second kappa shape index (κ2) is 10.0. The SMILES string of the molecule is CC(OS(=O)(=O)c1ccc([N+](=O)[O-])cc1)c1nnc(-c2cccc(OCc3ccccc3)n2)s1. The van der Waals surface area contributed by atoms with Gasteiger partial charge in [-0.2, -0.15) is 8.42 Å². The first kappa shape index (κ1) is 23.4. The number of hydrogen-bond donors (Lipinski definition) is 0. The maximum absolute atomic E-state index is 12.5. The van der Waals surface area contributed by atoms with Gasteiger partial charge in [-0.25, -0.2) is 4.98 Å². The van der Waals surface area contributed by atoms with Gasteiger partial charge in [-0.15, -0.1) is 10.2 Å². The predicted octanol–water partition coefficient (Wildman–Crippen LogP) is 4.55. The zero-order valence-electron chi connectivity index (χ0n) is 17.8. The van der Waals surface area contributed by atoms with Crippen LogP contribution in [0.15, 0.2) is 77.7 Å². The lowest BCUT2D eigenvalue weighted by Crippen LogP contribution is -2.10. The van der Waals surface area contributed by atoms with Gasteiger partial charge in [-0.3, -0.25) is 14.3 Å². The lowest BCUT2D eigenvalue weighted by Gasteiger charge is -2.10. The van der Waals surface area contributed by atoms with E-state index in [4.69, 9.17) is 8.92 Å². The second-order valence-corrected chi connectivity index (χ2v) is 9.61. The van der Waals surface area contributed by atoms with Crippen LogP contribution < -0.4 is 4.74 Å². The smallest absolute Gasteiger partial charge is 0.297 e. The minimum absolute atomic E-state index is 0.195. The molecule has 0 fully saturated rings. The minimum atomic E-state index is -4.17. The number of benzene rings is 2. The highest BCUT2D eigenvalue weighted by molar-refractivity contribution is 7.86. The van der Waals surface area contributed by atoms with Gasteiger partial charge in [0.05, 0.1) is 9.82 Å². The highest BCUT2D eigenvalue weighted by Crippen LogP contribution is 2.30. The van der Waals surface area contributed by atoms with Crippen molar-refractivity contribution in [3.63, 3.8) is 0 Å². The van der Waals surface area contributed by atoms with E-state index in [1.54, 1.807) is 18.2 Å². The van der Waals surface area contributed by atoms with Gasteiger partial charge < -0.3 is 4.74 Å². The van der Waals surface area contributed by atoms with Crippen molar-refractivity contribution in [2.45, 2.75) is 24.5 Å². The van der Waals surface area contributed by atoms with Crippen molar-refractivity contribution in [3.05, 3.63) is 93.5 Å². The third kappa shape index (κ3) is 5.60. The molecule has 0 amide bonds. The van der Waals surface area contributed by atoms with E-state index in [0.717, 1.165) is 41.2 Å². The summed E-state index contributed by atoms with van der Waals surface area (Å²) in [5.41, 5.74) is 1.32. The molecule has 0 saturated heterocycles. The van der Waals surface area contributed by atoms with Crippen molar-refractivity contribution in [3.8, 4) is 16.6 Å².